The third-order valence-electron chi connectivity index (χ3n) is 3.72. The van der Waals surface area contributed by atoms with E-state index < -0.39 is 15.9 Å². The van der Waals surface area contributed by atoms with Crippen LogP contribution in [0.1, 0.15) is 15.9 Å². The Balaban J connectivity index is 2.35. The minimum atomic E-state index is -3.85. The van der Waals surface area contributed by atoms with Gasteiger partial charge in [0.1, 0.15) is 5.75 Å². The molecule has 9 heteroatoms. The van der Waals surface area contributed by atoms with Gasteiger partial charge in [-0.2, -0.15) is 0 Å². The van der Waals surface area contributed by atoms with Gasteiger partial charge in [0.2, 0.25) is 0 Å². The number of hydroxylamine groups is 1. The molecule has 2 aromatic rings. The van der Waals surface area contributed by atoms with Crippen LogP contribution in [0.4, 0.5) is 5.69 Å². The number of rotatable bonds is 6. The lowest BCUT2D eigenvalue weighted by molar-refractivity contribution is -0.0258. The largest absolute Gasteiger partial charge is 0.495 e. The van der Waals surface area contributed by atoms with Gasteiger partial charge in [-0.1, -0.05) is 22.1 Å². The smallest absolute Gasteiger partial charge is 0.264 e. The zero-order valence-electron chi connectivity index (χ0n) is 14.7. The van der Waals surface area contributed by atoms with E-state index in [0.29, 0.717) is 16.5 Å². The molecule has 1 N–H and O–H groups in total. The number of nitrogens with zero attached hydrogens (tertiary/aromatic N) is 1. The number of halogens is 1. The monoisotopic (exact) mass is 398 g/mol. The topological polar surface area (TPSA) is 84.9 Å². The number of anilines is 1. The number of carbonyl (C=O) groups is 1. The van der Waals surface area contributed by atoms with E-state index >= 15 is 0 Å². The first kappa shape index (κ1) is 20.2. The third-order valence-corrected chi connectivity index (χ3v) is 5.80. The maximum Gasteiger partial charge on any atom is 0.264 e. The highest BCUT2D eigenvalue weighted by atomic mass is 35.5. The molecule has 7 nitrogen and oxygen atoms in total. The zero-order valence-corrected chi connectivity index (χ0v) is 16.3. The van der Waals surface area contributed by atoms with Crippen molar-refractivity contribution < 1.29 is 22.8 Å². The van der Waals surface area contributed by atoms with Gasteiger partial charge >= 0.3 is 0 Å². The lowest BCUT2D eigenvalue weighted by Crippen LogP contribution is -2.26. The molecular formula is C17H19ClN2O5S. The van der Waals surface area contributed by atoms with Crippen LogP contribution in [-0.2, 0) is 14.9 Å². The molecule has 140 valence electrons. The Kier molecular flexibility index (Phi) is 6.25. The van der Waals surface area contributed by atoms with Crippen LogP contribution in [0.25, 0.3) is 0 Å². The maximum atomic E-state index is 12.6. The average Bonchev–Trinajstić information content (AvgIpc) is 2.63. The summed E-state index contributed by atoms with van der Waals surface area (Å²) >= 11 is 6.06. The summed E-state index contributed by atoms with van der Waals surface area (Å²) in [4.78, 5) is 17.2. The molecule has 0 atom stereocenters. The quantitative estimate of drug-likeness (QED) is 0.756. The number of carbonyl (C=O) groups excluding carboxylic acids is 1. The Hall–Kier alpha value is -2.13. The predicted octanol–water partition coefficient (Wildman–Crippen LogP) is 3.09. The van der Waals surface area contributed by atoms with Crippen LogP contribution in [0.5, 0.6) is 5.75 Å². The maximum absolute atomic E-state index is 12.6. The van der Waals surface area contributed by atoms with Crippen LogP contribution in [0, 0.1) is 6.92 Å². The van der Waals surface area contributed by atoms with Crippen LogP contribution in [0.15, 0.2) is 41.3 Å². The standard InChI is InChI=1S/C17H19ClN2O5S/c1-11-8-15(16(24-3)10-14(11)18)19-17(21)12-6-5-7-13(9-12)26(22,23)20(2)25-4/h5-10H,1-4H3,(H,19,21). The Morgan fingerprint density at radius 2 is 1.88 bits per heavy atom. The van der Waals surface area contributed by atoms with Crippen molar-refractivity contribution in [3.63, 3.8) is 0 Å². The summed E-state index contributed by atoms with van der Waals surface area (Å²) in [5, 5.41) is 3.22. The number of hydrogen-bond donors (Lipinski definition) is 1. The minimum Gasteiger partial charge on any atom is -0.495 e. The van der Waals surface area contributed by atoms with Crippen molar-refractivity contribution in [1.29, 1.82) is 0 Å². The van der Waals surface area contributed by atoms with E-state index in [2.05, 4.69) is 5.32 Å². The molecule has 0 fully saturated rings. The van der Waals surface area contributed by atoms with Crippen LogP contribution < -0.4 is 10.1 Å². The number of aryl methyl sites for hydroxylation is 1. The predicted molar refractivity (Wildman–Crippen MR) is 99.1 cm³/mol. The van der Waals surface area contributed by atoms with Gasteiger partial charge in [0.15, 0.2) is 0 Å². The number of nitrogens with one attached hydrogen (secondary N) is 1. The van der Waals surface area contributed by atoms with Gasteiger partial charge in [-0.15, -0.1) is 0 Å². The van der Waals surface area contributed by atoms with Crippen LogP contribution in [0.2, 0.25) is 5.02 Å². The highest BCUT2D eigenvalue weighted by Gasteiger charge is 2.22. The fraction of sp³-hybridized carbons (Fsp3) is 0.235. The first-order valence-electron chi connectivity index (χ1n) is 7.49. The highest BCUT2D eigenvalue weighted by molar-refractivity contribution is 7.89. The van der Waals surface area contributed by atoms with E-state index in [1.165, 1.54) is 45.5 Å². The van der Waals surface area contributed by atoms with Crippen molar-refractivity contribution >= 4 is 33.2 Å². The molecule has 0 radical (unpaired) electrons. The van der Waals surface area contributed by atoms with Gasteiger partial charge in [-0.3, -0.25) is 9.63 Å². The first-order valence-corrected chi connectivity index (χ1v) is 9.31. The summed E-state index contributed by atoms with van der Waals surface area (Å²) in [6.07, 6.45) is 0. The van der Waals surface area contributed by atoms with Crippen molar-refractivity contribution in [2.24, 2.45) is 0 Å². The highest BCUT2D eigenvalue weighted by Crippen LogP contribution is 2.31. The Bertz CT molecular complexity index is 931. The lowest BCUT2D eigenvalue weighted by atomic mass is 10.1. The zero-order chi connectivity index (χ0) is 19.5. The number of hydrogen-bond acceptors (Lipinski definition) is 5. The molecule has 0 bridgehead atoms. The fourth-order valence-corrected chi connectivity index (χ4v) is 3.34. The van der Waals surface area contributed by atoms with Gasteiger partial charge in [0.05, 0.1) is 24.8 Å². The molecule has 0 aliphatic carbocycles. The normalized spacial score (nSPS) is 11.5. The van der Waals surface area contributed by atoms with Gasteiger partial charge in [0, 0.05) is 23.7 Å². The molecule has 0 saturated carbocycles. The molecule has 0 saturated heterocycles. The summed E-state index contributed by atoms with van der Waals surface area (Å²) in [7, 11) is 0.115. The average molecular weight is 399 g/mol. The van der Waals surface area contributed by atoms with Crippen molar-refractivity contribution in [3.8, 4) is 5.75 Å². The van der Waals surface area contributed by atoms with Gasteiger partial charge in [-0.25, -0.2) is 8.42 Å². The van der Waals surface area contributed by atoms with Crippen molar-refractivity contribution in [2.75, 3.05) is 26.6 Å². The minimum absolute atomic E-state index is 0.0613. The lowest BCUT2D eigenvalue weighted by Gasteiger charge is -2.15. The van der Waals surface area contributed by atoms with E-state index in [4.69, 9.17) is 21.2 Å². The molecule has 0 spiro atoms. The summed E-state index contributed by atoms with van der Waals surface area (Å²) in [6, 6.07) is 8.93. The Morgan fingerprint density at radius 1 is 1.19 bits per heavy atom. The molecule has 26 heavy (non-hydrogen) atoms. The summed E-state index contributed by atoms with van der Waals surface area (Å²) in [5.41, 5.74) is 1.37. The van der Waals surface area contributed by atoms with Crippen LogP contribution >= 0.6 is 11.6 Å². The second-order valence-electron chi connectivity index (χ2n) is 5.38. The second-order valence-corrected chi connectivity index (χ2v) is 7.72. The number of benzene rings is 2. The molecule has 0 aromatic heterocycles. The van der Waals surface area contributed by atoms with Gasteiger partial charge in [-0.05, 0) is 36.8 Å². The number of ether oxygens (including phenoxy) is 1. The molecule has 2 rings (SSSR count). The second kappa shape index (κ2) is 8.05. The summed E-state index contributed by atoms with van der Waals surface area (Å²) in [5.74, 6) is -0.0843. The number of amides is 1. The molecule has 0 heterocycles. The molecule has 2 aromatic carbocycles. The van der Waals surface area contributed by atoms with Gasteiger partial charge in [0.25, 0.3) is 15.9 Å². The van der Waals surface area contributed by atoms with Crippen molar-refractivity contribution in [3.05, 3.63) is 52.5 Å². The summed E-state index contributed by atoms with van der Waals surface area (Å²) < 4.78 is 30.6. The Labute approximate surface area is 157 Å². The molecule has 0 aliphatic rings. The summed E-state index contributed by atoms with van der Waals surface area (Å²) in [6.45, 7) is 1.80. The Morgan fingerprint density at radius 3 is 2.50 bits per heavy atom. The van der Waals surface area contributed by atoms with E-state index in [-0.39, 0.29) is 10.5 Å². The van der Waals surface area contributed by atoms with Gasteiger partial charge < -0.3 is 10.1 Å². The van der Waals surface area contributed by atoms with Crippen LogP contribution in [-0.4, -0.2) is 40.1 Å². The first-order chi connectivity index (χ1) is 12.2. The molecule has 0 aliphatic heterocycles. The number of sulfonamides is 1. The molecular weight excluding hydrogens is 380 g/mol. The molecule has 0 unspecified atom stereocenters. The van der Waals surface area contributed by atoms with E-state index in [0.717, 1.165) is 10.0 Å². The SMILES string of the molecule is COc1cc(Cl)c(C)cc1NC(=O)c1cccc(S(=O)(=O)N(C)OC)c1. The molecule has 1 amide bonds. The van der Waals surface area contributed by atoms with E-state index in [9.17, 15) is 13.2 Å². The third kappa shape index (κ3) is 4.16. The van der Waals surface area contributed by atoms with Crippen molar-refractivity contribution in [1.82, 2.24) is 4.47 Å². The number of methoxy groups -OCH3 is 1. The fourth-order valence-electron chi connectivity index (χ4n) is 2.17. The van der Waals surface area contributed by atoms with Crippen LogP contribution in [0.3, 0.4) is 0 Å². The van der Waals surface area contributed by atoms with E-state index in [1.807, 2.05) is 0 Å². The van der Waals surface area contributed by atoms with E-state index in [1.54, 1.807) is 19.1 Å². The van der Waals surface area contributed by atoms with Crippen molar-refractivity contribution in [2.45, 2.75) is 11.8 Å².